The molecule has 2 aromatic rings. The molecule has 1 aliphatic rings. The molecular weight excluding hydrogens is 426 g/mol. The lowest BCUT2D eigenvalue weighted by Gasteiger charge is -2.33. The molecule has 0 aliphatic carbocycles. The van der Waals surface area contributed by atoms with Crippen molar-refractivity contribution < 1.29 is 19.1 Å². The summed E-state index contributed by atoms with van der Waals surface area (Å²) in [4.78, 5) is 31.5. The van der Waals surface area contributed by atoms with E-state index in [1.165, 1.54) is 16.9 Å². The second kappa shape index (κ2) is 10.3. The third kappa shape index (κ3) is 6.22. The molecule has 174 valence electrons. The van der Waals surface area contributed by atoms with E-state index in [0.29, 0.717) is 18.2 Å². The van der Waals surface area contributed by atoms with Crippen molar-refractivity contribution in [3.63, 3.8) is 0 Å². The molecule has 1 saturated heterocycles. The lowest BCUT2D eigenvalue weighted by atomic mass is 9.97. The fraction of sp³-hybridized carbons (Fsp3) is 0.542. The Balaban J connectivity index is 1.67. The predicted molar refractivity (Wildman–Crippen MR) is 127 cm³/mol. The molecule has 1 aromatic carbocycles. The van der Waals surface area contributed by atoms with Crippen molar-refractivity contribution in [2.75, 3.05) is 25.5 Å². The quantitative estimate of drug-likeness (QED) is 0.629. The number of thiazole rings is 1. The summed E-state index contributed by atoms with van der Waals surface area (Å²) in [6.45, 7) is 8.62. The molecule has 1 fully saturated rings. The van der Waals surface area contributed by atoms with E-state index in [0.717, 1.165) is 42.7 Å². The number of hydrogen-bond donors (Lipinski definition) is 1. The van der Waals surface area contributed by atoms with Crippen molar-refractivity contribution >= 4 is 28.5 Å². The summed E-state index contributed by atoms with van der Waals surface area (Å²) in [6, 6.07) is 6.13. The van der Waals surface area contributed by atoms with Gasteiger partial charge in [0.25, 0.3) is 0 Å². The van der Waals surface area contributed by atoms with E-state index in [2.05, 4.69) is 29.4 Å². The molecular formula is C24H33N3O4S. The minimum atomic E-state index is -0.556. The van der Waals surface area contributed by atoms with Crippen LogP contribution >= 0.6 is 11.3 Å². The van der Waals surface area contributed by atoms with Crippen LogP contribution in [0.4, 0.5) is 9.93 Å². The number of anilines is 1. The largest absolute Gasteiger partial charge is 0.496 e. The average Bonchev–Trinajstić information content (AvgIpc) is 3.21. The van der Waals surface area contributed by atoms with Gasteiger partial charge in [-0.1, -0.05) is 19.4 Å². The van der Waals surface area contributed by atoms with Crippen LogP contribution in [0.25, 0.3) is 11.3 Å². The topological polar surface area (TPSA) is 80.8 Å². The number of benzene rings is 1. The number of carbonyl (C=O) groups excluding carboxylic acids is 2. The molecule has 8 heteroatoms. The van der Waals surface area contributed by atoms with Crippen LogP contribution in [-0.2, 0) is 16.0 Å². The average molecular weight is 460 g/mol. The van der Waals surface area contributed by atoms with E-state index in [1.54, 1.807) is 12.0 Å². The van der Waals surface area contributed by atoms with Gasteiger partial charge in [-0.3, -0.25) is 4.79 Å². The maximum Gasteiger partial charge on any atom is 0.410 e. The Hall–Kier alpha value is -2.61. The van der Waals surface area contributed by atoms with Crippen LogP contribution in [0.3, 0.4) is 0 Å². The second-order valence-electron chi connectivity index (χ2n) is 9.08. The lowest BCUT2D eigenvalue weighted by molar-refractivity contribution is -0.121. The second-order valence-corrected chi connectivity index (χ2v) is 9.94. The molecule has 0 bridgehead atoms. The van der Waals surface area contributed by atoms with Crippen molar-refractivity contribution in [1.82, 2.24) is 9.88 Å². The first-order chi connectivity index (χ1) is 15.2. The molecule has 0 unspecified atom stereocenters. The van der Waals surface area contributed by atoms with Gasteiger partial charge in [0, 0.05) is 24.0 Å². The normalized spacial score (nSPS) is 16.5. The van der Waals surface area contributed by atoms with Crippen molar-refractivity contribution in [3.8, 4) is 17.0 Å². The van der Waals surface area contributed by atoms with Gasteiger partial charge >= 0.3 is 6.09 Å². The third-order valence-corrected chi connectivity index (χ3v) is 6.01. The number of aryl methyl sites for hydroxylation is 1. The number of likely N-dealkylation sites (tertiary alicyclic amines) is 1. The van der Waals surface area contributed by atoms with E-state index in [-0.39, 0.29) is 17.9 Å². The van der Waals surface area contributed by atoms with Crippen LogP contribution in [0.2, 0.25) is 0 Å². The molecule has 0 spiro atoms. The molecule has 7 nitrogen and oxygen atoms in total. The number of rotatable bonds is 6. The molecule has 1 aromatic heterocycles. The van der Waals surface area contributed by atoms with Gasteiger partial charge in [-0.25, -0.2) is 9.78 Å². The number of carbonyl (C=O) groups is 2. The SMILES string of the molecule is CCCc1ccc(OC)c(-c2csc(NC(=O)[C@H]3CCCN(C(=O)OC(C)(C)C)C3)n2)c1. The lowest BCUT2D eigenvalue weighted by Crippen LogP contribution is -2.45. The Kier molecular flexibility index (Phi) is 7.77. The zero-order valence-electron chi connectivity index (χ0n) is 19.6. The van der Waals surface area contributed by atoms with Crippen LogP contribution in [0.1, 0.15) is 52.5 Å². The predicted octanol–water partition coefficient (Wildman–Crippen LogP) is 5.36. The van der Waals surface area contributed by atoms with Gasteiger partial charge in [-0.15, -0.1) is 11.3 Å². The summed E-state index contributed by atoms with van der Waals surface area (Å²) in [5.41, 5.74) is 2.37. The molecule has 1 aliphatic heterocycles. The third-order valence-electron chi connectivity index (χ3n) is 5.26. The van der Waals surface area contributed by atoms with Crippen LogP contribution < -0.4 is 10.1 Å². The van der Waals surface area contributed by atoms with E-state index >= 15 is 0 Å². The summed E-state index contributed by atoms with van der Waals surface area (Å²) in [5, 5.41) is 5.41. The van der Waals surface area contributed by atoms with Crippen LogP contribution in [-0.4, -0.2) is 47.7 Å². The van der Waals surface area contributed by atoms with E-state index in [4.69, 9.17) is 9.47 Å². The van der Waals surface area contributed by atoms with E-state index in [1.807, 2.05) is 32.2 Å². The summed E-state index contributed by atoms with van der Waals surface area (Å²) in [5.74, 6) is 0.352. The Morgan fingerprint density at radius 2 is 2.09 bits per heavy atom. The zero-order valence-corrected chi connectivity index (χ0v) is 20.4. The Morgan fingerprint density at radius 1 is 1.31 bits per heavy atom. The molecule has 2 amide bonds. The highest BCUT2D eigenvalue weighted by Gasteiger charge is 2.31. The molecule has 32 heavy (non-hydrogen) atoms. The first kappa shape index (κ1) is 24.0. The van der Waals surface area contributed by atoms with Crippen molar-refractivity contribution in [3.05, 3.63) is 29.1 Å². The smallest absolute Gasteiger partial charge is 0.410 e. The highest BCUT2D eigenvalue weighted by atomic mass is 32.1. The van der Waals surface area contributed by atoms with Crippen molar-refractivity contribution in [2.24, 2.45) is 5.92 Å². The molecule has 1 N–H and O–H groups in total. The maximum absolute atomic E-state index is 12.9. The fourth-order valence-corrected chi connectivity index (χ4v) is 4.46. The van der Waals surface area contributed by atoms with Crippen molar-refractivity contribution in [1.29, 1.82) is 0 Å². The van der Waals surface area contributed by atoms with E-state index < -0.39 is 5.60 Å². The fourth-order valence-electron chi connectivity index (χ4n) is 3.75. The number of amides is 2. The van der Waals surface area contributed by atoms with Gasteiger partial charge in [0.1, 0.15) is 11.4 Å². The Bertz CT molecular complexity index is 951. The number of ether oxygens (including phenoxy) is 2. The molecule has 0 radical (unpaired) electrons. The van der Waals surface area contributed by atoms with Crippen LogP contribution in [0.15, 0.2) is 23.6 Å². The minimum Gasteiger partial charge on any atom is -0.496 e. The zero-order chi connectivity index (χ0) is 23.3. The number of nitrogens with one attached hydrogen (secondary N) is 1. The standard InChI is InChI=1S/C24H33N3O4S/c1-6-8-16-10-11-20(30-5)18(13-16)19-15-32-22(25-19)26-21(28)17-9-7-12-27(14-17)23(29)31-24(2,3)4/h10-11,13,15,17H,6-9,12,14H2,1-5H3,(H,25,26,28)/t17-/m0/s1. The van der Waals surface area contributed by atoms with Crippen LogP contribution in [0.5, 0.6) is 5.75 Å². The number of aromatic nitrogens is 1. The molecule has 2 heterocycles. The number of nitrogens with zero attached hydrogens (tertiary/aromatic N) is 2. The van der Waals surface area contributed by atoms with Gasteiger partial charge in [0.15, 0.2) is 5.13 Å². The first-order valence-electron chi connectivity index (χ1n) is 11.1. The van der Waals surface area contributed by atoms with Gasteiger partial charge in [-0.05, 0) is 57.7 Å². The number of hydrogen-bond acceptors (Lipinski definition) is 6. The van der Waals surface area contributed by atoms with Gasteiger partial charge in [-0.2, -0.15) is 0 Å². The summed E-state index contributed by atoms with van der Waals surface area (Å²) in [6.07, 6.45) is 3.18. The van der Waals surface area contributed by atoms with E-state index in [9.17, 15) is 9.59 Å². The van der Waals surface area contributed by atoms with Gasteiger partial charge in [0.2, 0.25) is 5.91 Å². The molecule has 0 saturated carbocycles. The molecule has 1 atom stereocenters. The maximum atomic E-state index is 12.9. The highest BCUT2D eigenvalue weighted by molar-refractivity contribution is 7.14. The Labute approximate surface area is 194 Å². The van der Waals surface area contributed by atoms with Crippen LogP contribution in [0, 0.1) is 5.92 Å². The summed E-state index contributed by atoms with van der Waals surface area (Å²) >= 11 is 1.39. The monoisotopic (exact) mass is 459 g/mol. The number of methoxy groups -OCH3 is 1. The minimum absolute atomic E-state index is 0.120. The molecule has 3 rings (SSSR count). The first-order valence-corrected chi connectivity index (χ1v) is 12.0. The van der Waals surface area contributed by atoms with Crippen molar-refractivity contribution in [2.45, 2.75) is 59.0 Å². The van der Waals surface area contributed by atoms with Gasteiger partial charge in [0.05, 0.1) is 18.7 Å². The highest BCUT2D eigenvalue weighted by Crippen LogP contribution is 2.33. The number of piperidine rings is 1. The summed E-state index contributed by atoms with van der Waals surface area (Å²) < 4.78 is 11.0. The van der Waals surface area contributed by atoms with Gasteiger partial charge < -0.3 is 19.7 Å². The Morgan fingerprint density at radius 3 is 2.78 bits per heavy atom. The summed E-state index contributed by atoms with van der Waals surface area (Å²) in [7, 11) is 1.65.